The van der Waals surface area contributed by atoms with Gasteiger partial charge in [-0.3, -0.25) is 0 Å². The summed E-state index contributed by atoms with van der Waals surface area (Å²) in [6, 6.07) is 9.25. The molecule has 2 nitrogen and oxygen atoms in total. The Balaban J connectivity index is 1.87. The Labute approximate surface area is 108 Å². The molecule has 1 unspecified atom stereocenters. The predicted molar refractivity (Wildman–Crippen MR) is 75.4 cm³/mol. The summed E-state index contributed by atoms with van der Waals surface area (Å²) in [7, 11) is 0. The van der Waals surface area contributed by atoms with Crippen molar-refractivity contribution in [3.05, 3.63) is 29.8 Å². The van der Waals surface area contributed by atoms with Gasteiger partial charge in [-0.25, -0.2) is 0 Å². The topological polar surface area (TPSA) is 29.3 Å². The summed E-state index contributed by atoms with van der Waals surface area (Å²) < 4.78 is 0. The first-order chi connectivity index (χ1) is 8.12. The van der Waals surface area contributed by atoms with E-state index in [9.17, 15) is 0 Å². The lowest BCUT2D eigenvalue weighted by Gasteiger charge is -2.29. The smallest absolute Gasteiger partial charge is 0.0807 e. The molecule has 0 aromatic heterocycles. The van der Waals surface area contributed by atoms with Crippen LogP contribution in [-0.4, -0.2) is 17.6 Å². The number of fused-ring (bicyclic) bond motifs is 1. The van der Waals surface area contributed by atoms with E-state index in [1.165, 1.54) is 11.3 Å². The molecule has 1 fully saturated rings. The standard InChI is InChI=1S/C14H18N2S/c1-10-8-11-4-2-3-5-12(11)16(10)9-14(6-7-14)13(15)17/h2-5,10H,6-9H2,1H3,(H2,15,17). The molecule has 0 bridgehead atoms. The molecule has 1 atom stereocenters. The maximum atomic E-state index is 5.88. The Bertz CT molecular complexity index is 465. The van der Waals surface area contributed by atoms with Crippen molar-refractivity contribution in [2.75, 3.05) is 11.4 Å². The summed E-state index contributed by atoms with van der Waals surface area (Å²) in [5.74, 6) is 0. The van der Waals surface area contributed by atoms with Crippen LogP contribution in [0.5, 0.6) is 0 Å². The van der Waals surface area contributed by atoms with Crippen LogP contribution < -0.4 is 10.6 Å². The molecule has 2 aliphatic rings. The maximum absolute atomic E-state index is 5.88. The SMILES string of the molecule is CC1Cc2ccccc2N1CC1(C(N)=S)CC1. The van der Waals surface area contributed by atoms with Gasteiger partial charge in [0.15, 0.2) is 0 Å². The molecule has 90 valence electrons. The van der Waals surface area contributed by atoms with Crippen molar-refractivity contribution in [1.82, 2.24) is 0 Å². The molecule has 1 aromatic rings. The minimum Gasteiger partial charge on any atom is -0.393 e. The molecule has 1 heterocycles. The maximum Gasteiger partial charge on any atom is 0.0807 e. The third kappa shape index (κ3) is 1.73. The second kappa shape index (κ2) is 3.70. The summed E-state index contributed by atoms with van der Waals surface area (Å²) >= 11 is 5.22. The first kappa shape index (κ1) is 11.0. The van der Waals surface area contributed by atoms with E-state index in [1.807, 2.05) is 0 Å². The van der Waals surface area contributed by atoms with Crippen LogP contribution in [0.25, 0.3) is 0 Å². The second-order valence-corrected chi connectivity index (χ2v) is 5.89. The molecule has 0 radical (unpaired) electrons. The number of nitrogens with two attached hydrogens (primary N) is 1. The zero-order chi connectivity index (χ0) is 12.0. The largest absolute Gasteiger partial charge is 0.393 e. The van der Waals surface area contributed by atoms with Crippen molar-refractivity contribution in [3.8, 4) is 0 Å². The van der Waals surface area contributed by atoms with Crippen LogP contribution >= 0.6 is 12.2 Å². The highest BCUT2D eigenvalue weighted by Crippen LogP contribution is 2.48. The number of hydrogen-bond acceptors (Lipinski definition) is 2. The van der Waals surface area contributed by atoms with Crippen LogP contribution in [-0.2, 0) is 6.42 Å². The van der Waals surface area contributed by atoms with E-state index in [2.05, 4.69) is 36.1 Å². The van der Waals surface area contributed by atoms with Crippen molar-refractivity contribution in [2.45, 2.75) is 32.2 Å². The molecule has 1 aromatic carbocycles. The van der Waals surface area contributed by atoms with Crippen LogP contribution in [0.3, 0.4) is 0 Å². The average Bonchev–Trinajstić information content (AvgIpc) is 3.01. The minimum absolute atomic E-state index is 0.126. The molecule has 3 rings (SSSR count). The van der Waals surface area contributed by atoms with Gasteiger partial charge in [-0.2, -0.15) is 0 Å². The van der Waals surface area contributed by atoms with Gasteiger partial charge in [0.25, 0.3) is 0 Å². The first-order valence-electron chi connectivity index (χ1n) is 6.27. The molecule has 17 heavy (non-hydrogen) atoms. The van der Waals surface area contributed by atoms with Crippen LogP contribution in [0.2, 0.25) is 0 Å². The van der Waals surface area contributed by atoms with Crippen LogP contribution in [0.15, 0.2) is 24.3 Å². The Morgan fingerprint density at radius 3 is 2.82 bits per heavy atom. The van der Waals surface area contributed by atoms with Gasteiger partial charge in [-0.15, -0.1) is 0 Å². The van der Waals surface area contributed by atoms with Gasteiger partial charge in [0.1, 0.15) is 0 Å². The van der Waals surface area contributed by atoms with E-state index in [0.29, 0.717) is 11.0 Å². The van der Waals surface area contributed by atoms with Crippen molar-refractivity contribution in [3.63, 3.8) is 0 Å². The van der Waals surface area contributed by atoms with E-state index in [-0.39, 0.29) is 5.41 Å². The Kier molecular flexibility index (Phi) is 2.40. The van der Waals surface area contributed by atoms with Gasteiger partial charge in [0.05, 0.1) is 4.99 Å². The number of benzene rings is 1. The van der Waals surface area contributed by atoms with E-state index >= 15 is 0 Å². The highest BCUT2D eigenvalue weighted by atomic mass is 32.1. The summed E-state index contributed by atoms with van der Waals surface area (Å²) in [5, 5.41) is 0. The Hall–Kier alpha value is -1.09. The van der Waals surface area contributed by atoms with Crippen LogP contribution in [0, 0.1) is 5.41 Å². The lowest BCUT2D eigenvalue weighted by molar-refractivity contribution is 0.593. The average molecular weight is 246 g/mol. The second-order valence-electron chi connectivity index (χ2n) is 5.45. The summed E-state index contributed by atoms with van der Waals surface area (Å²) in [5.41, 5.74) is 8.84. The first-order valence-corrected chi connectivity index (χ1v) is 6.68. The molecule has 3 heteroatoms. The Morgan fingerprint density at radius 1 is 1.47 bits per heavy atom. The molecular formula is C14H18N2S. The normalized spacial score (nSPS) is 24.5. The lowest BCUT2D eigenvalue weighted by atomic mass is 10.1. The monoisotopic (exact) mass is 246 g/mol. The van der Waals surface area contributed by atoms with Crippen molar-refractivity contribution in [1.29, 1.82) is 0 Å². The zero-order valence-corrected chi connectivity index (χ0v) is 11.0. The van der Waals surface area contributed by atoms with E-state index in [1.54, 1.807) is 0 Å². The van der Waals surface area contributed by atoms with E-state index < -0.39 is 0 Å². The fraction of sp³-hybridized carbons (Fsp3) is 0.500. The molecule has 1 aliphatic carbocycles. The minimum atomic E-state index is 0.126. The van der Waals surface area contributed by atoms with Crippen molar-refractivity contribution in [2.24, 2.45) is 11.1 Å². The van der Waals surface area contributed by atoms with E-state index in [4.69, 9.17) is 18.0 Å². The fourth-order valence-electron chi connectivity index (χ4n) is 2.83. The molecule has 0 amide bonds. The number of para-hydroxylation sites is 1. The summed E-state index contributed by atoms with van der Waals surface area (Å²) in [6.45, 7) is 3.29. The van der Waals surface area contributed by atoms with Crippen molar-refractivity contribution >= 4 is 22.9 Å². The third-order valence-corrected chi connectivity index (χ3v) is 4.63. The molecular weight excluding hydrogens is 228 g/mol. The summed E-state index contributed by atoms with van der Waals surface area (Å²) in [4.78, 5) is 3.19. The number of anilines is 1. The van der Waals surface area contributed by atoms with Gasteiger partial charge in [-0.05, 0) is 37.8 Å². The molecule has 0 spiro atoms. The highest BCUT2D eigenvalue weighted by molar-refractivity contribution is 7.80. The van der Waals surface area contributed by atoms with Gasteiger partial charge < -0.3 is 10.6 Å². The molecule has 0 saturated heterocycles. The van der Waals surface area contributed by atoms with Gasteiger partial charge >= 0.3 is 0 Å². The molecule has 2 N–H and O–H groups in total. The third-order valence-electron chi connectivity index (χ3n) is 4.20. The Morgan fingerprint density at radius 2 is 2.18 bits per heavy atom. The van der Waals surface area contributed by atoms with Crippen LogP contribution in [0.4, 0.5) is 5.69 Å². The number of rotatable bonds is 3. The van der Waals surface area contributed by atoms with Crippen molar-refractivity contribution < 1.29 is 0 Å². The number of nitrogens with zero attached hydrogens (tertiary/aromatic N) is 1. The predicted octanol–water partition coefficient (Wildman–Crippen LogP) is 2.50. The van der Waals surface area contributed by atoms with Gasteiger partial charge in [-0.1, -0.05) is 30.4 Å². The highest BCUT2D eigenvalue weighted by Gasteiger charge is 2.48. The quantitative estimate of drug-likeness (QED) is 0.831. The molecule has 1 aliphatic heterocycles. The van der Waals surface area contributed by atoms with E-state index in [0.717, 1.165) is 25.8 Å². The number of hydrogen-bond donors (Lipinski definition) is 1. The zero-order valence-electron chi connectivity index (χ0n) is 10.1. The summed E-state index contributed by atoms with van der Waals surface area (Å²) in [6.07, 6.45) is 3.46. The van der Waals surface area contributed by atoms with Gasteiger partial charge in [0, 0.05) is 23.7 Å². The lowest BCUT2D eigenvalue weighted by Crippen LogP contribution is -2.39. The molecule has 1 saturated carbocycles. The van der Waals surface area contributed by atoms with Gasteiger partial charge in [0.2, 0.25) is 0 Å². The van der Waals surface area contributed by atoms with Crippen LogP contribution in [0.1, 0.15) is 25.3 Å². The fourth-order valence-corrected chi connectivity index (χ4v) is 3.10. The number of thiocarbonyl (C=S) groups is 1.